The Morgan fingerprint density at radius 1 is 0.794 bits per heavy atom. The van der Waals surface area contributed by atoms with Crippen LogP contribution in [-0.2, 0) is 10.3 Å². The smallest absolute Gasteiger partial charge is 0.339 e. The molecular formula is C30H27O3S+. The monoisotopic (exact) mass is 467 g/mol. The van der Waals surface area contributed by atoms with E-state index < -0.39 is 5.60 Å². The van der Waals surface area contributed by atoms with Crippen LogP contribution in [0.4, 0.5) is 0 Å². The van der Waals surface area contributed by atoms with Gasteiger partial charge in [0, 0.05) is 33.4 Å². The lowest BCUT2D eigenvalue weighted by Gasteiger charge is -2.26. The Balaban J connectivity index is 1.56. The third-order valence-electron chi connectivity index (χ3n) is 6.36. The fourth-order valence-electron chi connectivity index (χ4n) is 4.67. The molecule has 170 valence electrons. The van der Waals surface area contributed by atoms with Crippen LogP contribution in [0.5, 0.6) is 5.75 Å². The van der Waals surface area contributed by atoms with Gasteiger partial charge in [-0.1, -0.05) is 36.4 Å². The summed E-state index contributed by atoms with van der Waals surface area (Å²) >= 11 is 0. The maximum atomic E-state index is 13.3. The van der Waals surface area contributed by atoms with Crippen LogP contribution in [0.25, 0.3) is 25.1 Å². The summed E-state index contributed by atoms with van der Waals surface area (Å²) in [5, 5.41) is 12.2. The number of thiophene rings is 1. The van der Waals surface area contributed by atoms with Gasteiger partial charge in [0.05, 0.1) is 5.56 Å². The molecule has 1 N–H and O–H groups in total. The fraction of sp³-hybridized carbons (Fsp3) is 0.167. The molecule has 3 nitrogen and oxygen atoms in total. The van der Waals surface area contributed by atoms with Crippen LogP contribution in [-0.4, -0.2) is 11.1 Å². The second kappa shape index (κ2) is 8.30. The zero-order valence-corrected chi connectivity index (χ0v) is 20.6. The normalized spacial score (nSPS) is 11.8. The van der Waals surface area contributed by atoms with E-state index in [-0.39, 0.29) is 22.2 Å². The van der Waals surface area contributed by atoms with Crippen molar-refractivity contribution in [2.24, 2.45) is 0 Å². The van der Waals surface area contributed by atoms with Gasteiger partial charge in [-0.3, -0.25) is 0 Å². The molecule has 0 aliphatic carbocycles. The van der Waals surface area contributed by atoms with E-state index in [2.05, 4.69) is 60.7 Å². The second-order valence-corrected chi connectivity index (χ2v) is 11.1. The predicted molar refractivity (Wildman–Crippen MR) is 141 cm³/mol. The van der Waals surface area contributed by atoms with Gasteiger partial charge in [0.2, 0.25) is 0 Å². The number of hydrogen-bond acceptors (Lipinski definition) is 3. The second-order valence-electron chi connectivity index (χ2n) is 9.18. The van der Waals surface area contributed by atoms with E-state index in [9.17, 15) is 9.90 Å². The summed E-state index contributed by atoms with van der Waals surface area (Å²) in [5.74, 6) is -0.153. The van der Waals surface area contributed by atoms with Gasteiger partial charge in [0.1, 0.15) is 11.4 Å². The SMILES string of the molecule is Cc1cc(-[s+]2c3ccccc3c3ccccc32)cc(C)c1C(=O)OC(C)(C)c1ccc(O)cc1. The molecule has 0 fully saturated rings. The van der Waals surface area contributed by atoms with Crippen molar-refractivity contribution in [3.05, 3.63) is 107 Å². The highest BCUT2D eigenvalue weighted by molar-refractivity contribution is 7.50. The minimum Gasteiger partial charge on any atom is -0.508 e. The third kappa shape index (κ3) is 3.74. The Labute approximate surface area is 202 Å². The van der Waals surface area contributed by atoms with Crippen molar-refractivity contribution in [1.82, 2.24) is 0 Å². The molecule has 0 atom stereocenters. The van der Waals surface area contributed by atoms with Crippen LogP contribution in [0.2, 0.25) is 0 Å². The van der Waals surface area contributed by atoms with E-state index in [1.54, 1.807) is 24.3 Å². The maximum absolute atomic E-state index is 13.3. The summed E-state index contributed by atoms with van der Waals surface area (Å²) in [5.41, 5.74) is 2.44. The van der Waals surface area contributed by atoms with Crippen molar-refractivity contribution < 1.29 is 14.6 Å². The Kier molecular flexibility index (Phi) is 5.41. The summed E-state index contributed by atoms with van der Waals surface area (Å²) in [6.45, 7) is 7.70. The molecule has 0 bridgehead atoms. The van der Waals surface area contributed by atoms with Crippen LogP contribution in [0, 0.1) is 13.8 Å². The van der Waals surface area contributed by atoms with Gasteiger partial charge < -0.3 is 9.84 Å². The lowest BCUT2D eigenvalue weighted by Crippen LogP contribution is -2.26. The van der Waals surface area contributed by atoms with Crippen molar-refractivity contribution in [2.75, 3.05) is 0 Å². The number of hydrogen-bond donors (Lipinski definition) is 1. The van der Waals surface area contributed by atoms with Gasteiger partial charge in [-0.05, 0) is 80.8 Å². The van der Waals surface area contributed by atoms with E-state index >= 15 is 0 Å². The molecule has 0 amide bonds. The van der Waals surface area contributed by atoms with Crippen LogP contribution in [0.3, 0.4) is 0 Å². The molecule has 5 aromatic rings. The number of rotatable bonds is 4. The van der Waals surface area contributed by atoms with E-state index in [4.69, 9.17) is 4.74 Å². The molecule has 4 aromatic carbocycles. The maximum Gasteiger partial charge on any atom is 0.339 e. The van der Waals surface area contributed by atoms with E-state index in [1.165, 1.54) is 25.1 Å². The third-order valence-corrected chi connectivity index (χ3v) is 8.66. The first-order chi connectivity index (χ1) is 16.3. The number of ether oxygens (including phenoxy) is 1. The highest BCUT2D eigenvalue weighted by Crippen LogP contribution is 2.49. The fourth-order valence-corrected chi connectivity index (χ4v) is 7.23. The first kappa shape index (κ1) is 22.2. The lowest BCUT2D eigenvalue weighted by atomic mass is 9.97. The molecular weight excluding hydrogens is 440 g/mol. The van der Waals surface area contributed by atoms with E-state index in [1.807, 2.05) is 27.7 Å². The van der Waals surface area contributed by atoms with Crippen LogP contribution < -0.4 is 0 Å². The highest BCUT2D eigenvalue weighted by Gasteiger charge is 2.29. The zero-order valence-electron chi connectivity index (χ0n) is 19.8. The Morgan fingerprint density at radius 2 is 1.29 bits per heavy atom. The van der Waals surface area contributed by atoms with E-state index in [0.29, 0.717) is 5.56 Å². The first-order valence-electron chi connectivity index (χ1n) is 11.3. The molecule has 0 saturated heterocycles. The number of aryl methyl sites for hydroxylation is 2. The first-order valence-corrected chi connectivity index (χ1v) is 12.6. The van der Waals surface area contributed by atoms with Gasteiger partial charge in [0.25, 0.3) is 0 Å². The van der Waals surface area contributed by atoms with Gasteiger partial charge in [-0.2, -0.15) is 0 Å². The van der Waals surface area contributed by atoms with Crippen LogP contribution >= 0.6 is 10.5 Å². The summed E-state index contributed by atoms with van der Waals surface area (Å²) in [4.78, 5) is 14.5. The number of phenolic OH excluding ortho intramolecular Hbond substituents is 1. The molecule has 0 radical (unpaired) electrons. The molecule has 1 heterocycles. The summed E-state index contributed by atoms with van der Waals surface area (Å²) in [6, 6.07) is 28.2. The molecule has 1 aromatic heterocycles. The number of esters is 1. The summed E-state index contributed by atoms with van der Waals surface area (Å²) in [7, 11) is -0.209. The molecule has 0 aliphatic rings. The number of carbonyl (C=O) groups excluding carboxylic acids is 1. The minimum atomic E-state index is -0.826. The number of phenols is 1. The summed E-state index contributed by atoms with van der Waals surface area (Å²) in [6.07, 6.45) is 0. The lowest BCUT2D eigenvalue weighted by molar-refractivity contribution is -0.00328. The quantitative estimate of drug-likeness (QED) is 0.214. The van der Waals surface area contributed by atoms with E-state index in [0.717, 1.165) is 16.7 Å². The standard InChI is InChI=1S/C30H26O3S/c1-19-17-23(34-26-11-7-5-9-24(26)25-10-6-8-12-27(25)34)18-20(2)28(19)29(32)33-30(3,4)21-13-15-22(31)16-14-21/h5-18H,1-4H3/p+1. The van der Waals surface area contributed by atoms with Gasteiger partial charge in [-0.25, -0.2) is 4.79 Å². The average molecular weight is 468 g/mol. The molecule has 0 saturated carbocycles. The van der Waals surface area contributed by atoms with Gasteiger partial charge >= 0.3 is 5.97 Å². The van der Waals surface area contributed by atoms with Crippen LogP contribution in [0.1, 0.15) is 40.9 Å². The highest BCUT2D eigenvalue weighted by atomic mass is 32.2. The Hall–Kier alpha value is -3.63. The molecule has 0 aliphatic heterocycles. The molecule has 5 rings (SSSR count). The number of carbonyl (C=O) groups is 1. The van der Waals surface area contributed by atoms with Gasteiger partial charge in [0.15, 0.2) is 14.3 Å². The predicted octanol–water partition coefficient (Wildman–Crippen LogP) is 8.15. The number of fused-ring (bicyclic) bond motifs is 3. The Bertz CT molecular complexity index is 1460. The zero-order chi connectivity index (χ0) is 24.0. The topological polar surface area (TPSA) is 46.5 Å². The Morgan fingerprint density at radius 3 is 1.82 bits per heavy atom. The molecule has 0 unspecified atom stereocenters. The van der Waals surface area contributed by atoms with Crippen molar-refractivity contribution in [3.63, 3.8) is 0 Å². The average Bonchev–Trinajstić information content (AvgIpc) is 3.13. The van der Waals surface area contributed by atoms with Gasteiger partial charge in [-0.15, -0.1) is 0 Å². The molecule has 34 heavy (non-hydrogen) atoms. The summed E-state index contributed by atoms with van der Waals surface area (Å²) < 4.78 is 8.62. The van der Waals surface area contributed by atoms with Crippen molar-refractivity contribution in [3.8, 4) is 10.6 Å². The van der Waals surface area contributed by atoms with Crippen molar-refractivity contribution >= 4 is 36.6 Å². The number of aromatic hydroxyl groups is 1. The minimum absolute atomic E-state index is 0.184. The number of benzene rings is 4. The van der Waals surface area contributed by atoms with Crippen molar-refractivity contribution in [2.45, 2.75) is 33.3 Å². The van der Waals surface area contributed by atoms with Crippen molar-refractivity contribution in [1.29, 1.82) is 0 Å². The largest absolute Gasteiger partial charge is 0.508 e. The molecule has 0 spiro atoms. The van der Waals surface area contributed by atoms with Crippen LogP contribution in [0.15, 0.2) is 84.9 Å². The molecule has 4 heteroatoms.